The predicted molar refractivity (Wildman–Crippen MR) is 129 cm³/mol. The van der Waals surface area contributed by atoms with Crippen LogP contribution in [0.15, 0.2) is 24.3 Å². The van der Waals surface area contributed by atoms with Gasteiger partial charge in [0.15, 0.2) is 5.78 Å². The van der Waals surface area contributed by atoms with Crippen molar-refractivity contribution in [1.29, 1.82) is 0 Å². The second kappa shape index (κ2) is 10.3. The third kappa shape index (κ3) is 4.87. The van der Waals surface area contributed by atoms with Crippen LogP contribution in [0.5, 0.6) is 0 Å². The van der Waals surface area contributed by atoms with E-state index in [4.69, 9.17) is 4.74 Å². The first kappa shape index (κ1) is 24.4. The maximum Gasteiger partial charge on any atom is 0.251 e. The number of ketones is 1. The molecule has 4 aliphatic rings. The molecule has 0 aromatic heterocycles. The first-order valence-corrected chi connectivity index (χ1v) is 13.2. The lowest BCUT2D eigenvalue weighted by atomic mass is 9.89. The van der Waals surface area contributed by atoms with Crippen molar-refractivity contribution in [3.8, 4) is 0 Å². The van der Waals surface area contributed by atoms with Crippen molar-refractivity contribution in [2.75, 3.05) is 32.8 Å². The van der Waals surface area contributed by atoms with E-state index in [2.05, 4.69) is 17.1 Å². The number of ether oxygens (including phenoxy) is 1. The first-order chi connectivity index (χ1) is 17.0. The predicted octanol–water partition coefficient (Wildman–Crippen LogP) is 2.69. The van der Waals surface area contributed by atoms with Gasteiger partial charge in [-0.2, -0.15) is 0 Å². The molecule has 190 valence electrons. The Morgan fingerprint density at radius 2 is 1.80 bits per heavy atom. The Balaban J connectivity index is 1.28. The van der Waals surface area contributed by atoms with Gasteiger partial charge in [0.2, 0.25) is 5.91 Å². The third-order valence-corrected chi connectivity index (χ3v) is 8.51. The average molecular weight is 486 g/mol. The van der Waals surface area contributed by atoms with Crippen molar-refractivity contribution in [3.63, 3.8) is 0 Å². The van der Waals surface area contributed by atoms with Crippen LogP contribution >= 0.6 is 0 Å². The number of piperidine rings is 1. The molecule has 1 aromatic rings. The van der Waals surface area contributed by atoms with Crippen molar-refractivity contribution >= 4 is 17.6 Å². The lowest BCUT2D eigenvalue weighted by Crippen LogP contribution is -2.54. The van der Waals surface area contributed by atoms with Gasteiger partial charge in [-0.3, -0.25) is 14.4 Å². The summed E-state index contributed by atoms with van der Waals surface area (Å²) in [4.78, 5) is 42.9. The van der Waals surface area contributed by atoms with Gasteiger partial charge in [-0.05, 0) is 74.8 Å². The monoisotopic (exact) mass is 485 g/mol. The lowest BCUT2D eigenvalue weighted by Gasteiger charge is -2.31. The minimum Gasteiger partial charge on any atom is -0.365 e. The molecular weight excluding hydrogens is 449 g/mol. The van der Waals surface area contributed by atoms with Gasteiger partial charge in [-0.15, -0.1) is 0 Å². The van der Waals surface area contributed by atoms with E-state index in [9.17, 15) is 18.8 Å². The summed E-state index contributed by atoms with van der Waals surface area (Å²) in [5.74, 6) is -0.433. The van der Waals surface area contributed by atoms with E-state index in [-0.39, 0.29) is 36.7 Å². The number of rotatable bonds is 6. The summed E-state index contributed by atoms with van der Waals surface area (Å²) < 4.78 is 19.8. The number of nitrogens with one attached hydrogen (secondary N) is 1. The highest BCUT2D eigenvalue weighted by Crippen LogP contribution is 2.34. The number of carbonyl (C=O) groups is 3. The van der Waals surface area contributed by atoms with Crippen molar-refractivity contribution < 1.29 is 23.5 Å². The molecule has 3 heterocycles. The van der Waals surface area contributed by atoms with Crippen LogP contribution in [-0.4, -0.2) is 84.5 Å². The zero-order chi connectivity index (χ0) is 24.5. The molecule has 1 aromatic carbocycles. The second-order valence-corrected chi connectivity index (χ2v) is 10.5. The van der Waals surface area contributed by atoms with Gasteiger partial charge in [-0.1, -0.05) is 31.9 Å². The van der Waals surface area contributed by atoms with Gasteiger partial charge in [0.05, 0.1) is 6.54 Å². The van der Waals surface area contributed by atoms with Crippen molar-refractivity contribution in [2.45, 2.75) is 75.7 Å². The Morgan fingerprint density at radius 3 is 2.46 bits per heavy atom. The number of Topliss-reactive ketones (excluding diaryl/α,β-unsaturated/α-hetero) is 1. The minimum absolute atomic E-state index is 0.0102. The number of hydrogen-bond donors (Lipinski definition) is 1. The molecule has 7 nitrogen and oxygen atoms in total. The summed E-state index contributed by atoms with van der Waals surface area (Å²) in [5, 5.41) is 2.96. The van der Waals surface area contributed by atoms with E-state index >= 15 is 0 Å². The quantitative estimate of drug-likeness (QED) is 0.670. The van der Waals surface area contributed by atoms with Gasteiger partial charge in [-0.25, -0.2) is 4.39 Å². The molecule has 1 saturated carbocycles. The summed E-state index contributed by atoms with van der Waals surface area (Å²) in [6.07, 6.45) is 3.62. The van der Waals surface area contributed by atoms with Crippen molar-refractivity contribution in [2.24, 2.45) is 5.92 Å². The average Bonchev–Trinajstić information content (AvgIpc) is 3.62. The summed E-state index contributed by atoms with van der Waals surface area (Å²) >= 11 is 0. The Labute approximate surface area is 206 Å². The van der Waals surface area contributed by atoms with Crippen LogP contribution in [0.2, 0.25) is 0 Å². The SMILES string of the molecule is CCN1CCC(c2ccc(C(=O)N[C@H](C(=O)N3C[C@H](F)[C@H]4OCC(=O)[C@H]43)C3CCCC3)cc2)CC1. The molecule has 0 unspecified atom stereocenters. The number of hydrogen-bond acceptors (Lipinski definition) is 5. The van der Waals surface area contributed by atoms with E-state index in [0.29, 0.717) is 11.5 Å². The van der Waals surface area contributed by atoms with Crippen molar-refractivity contribution in [1.82, 2.24) is 15.1 Å². The Bertz CT molecular complexity index is 940. The minimum atomic E-state index is -1.38. The molecule has 0 spiro atoms. The fourth-order valence-corrected chi connectivity index (χ4v) is 6.39. The van der Waals surface area contributed by atoms with Crippen LogP contribution < -0.4 is 5.32 Å². The molecule has 3 aliphatic heterocycles. The number of halogens is 1. The van der Waals surface area contributed by atoms with Gasteiger partial charge < -0.3 is 19.9 Å². The largest absolute Gasteiger partial charge is 0.365 e. The van der Waals surface area contributed by atoms with Crippen LogP contribution in [0.1, 0.15) is 67.3 Å². The van der Waals surface area contributed by atoms with Crippen LogP contribution in [0.25, 0.3) is 0 Å². The molecule has 0 radical (unpaired) electrons. The molecule has 4 atom stereocenters. The zero-order valence-electron chi connectivity index (χ0n) is 20.5. The molecule has 0 bridgehead atoms. The van der Waals surface area contributed by atoms with E-state index in [1.165, 1.54) is 10.5 Å². The molecule has 1 aliphatic carbocycles. The van der Waals surface area contributed by atoms with Crippen LogP contribution in [0, 0.1) is 5.92 Å². The van der Waals surface area contributed by atoms with Gasteiger partial charge >= 0.3 is 0 Å². The van der Waals surface area contributed by atoms with Crippen LogP contribution in [-0.2, 0) is 14.3 Å². The third-order valence-electron chi connectivity index (χ3n) is 8.51. The zero-order valence-corrected chi connectivity index (χ0v) is 20.5. The summed E-state index contributed by atoms with van der Waals surface area (Å²) in [6.45, 7) is 5.14. The molecule has 2 amide bonds. The highest BCUT2D eigenvalue weighted by atomic mass is 19.1. The van der Waals surface area contributed by atoms with E-state index < -0.39 is 24.4 Å². The maximum absolute atomic E-state index is 14.5. The Kier molecular flexibility index (Phi) is 7.21. The highest BCUT2D eigenvalue weighted by molar-refractivity contribution is 5.99. The molecule has 5 rings (SSSR count). The molecule has 3 saturated heterocycles. The molecule has 1 N–H and O–H groups in total. The summed E-state index contributed by atoms with van der Waals surface area (Å²) in [7, 11) is 0. The Morgan fingerprint density at radius 1 is 1.11 bits per heavy atom. The van der Waals surface area contributed by atoms with Gasteiger partial charge in [0.1, 0.15) is 31.0 Å². The number of likely N-dealkylation sites (tertiary alicyclic amines) is 2. The second-order valence-electron chi connectivity index (χ2n) is 10.5. The summed E-state index contributed by atoms with van der Waals surface area (Å²) in [5.41, 5.74) is 1.76. The molecule has 4 fully saturated rings. The van der Waals surface area contributed by atoms with Crippen molar-refractivity contribution in [3.05, 3.63) is 35.4 Å². The lowest BCUT2D eigenvalue weighted by molar-refractivity contribution is -0.139. The fraction of sp³-hybridized carbons (Fsp3) is 0.667. The highest BCUT2D eigenvalue weighted by Gasteiger charge is 2.54. The maximum atomic E-state index is 14.5. The summed E-state index contributed by atoms with van der Waals surface area (Å²) in [6, 6.07) is 6.09. The van der Waals surface area contributed by atoms with E-state index in [1.54, 1.807) is 0 Å². The number of benzene rings is 1. The van der Waals surface area contributed by atoms with Crippen LogP contribution in [0.4, 0.5) is 4.39 Å². The van der Waals surface area contributed by atoms with Gasteiger partial charge in [0.25, 0.3) is 5.91 Å². The molecular formula is C27H36FN3O4. The number of carbonyl (C=O) groups excluding carboxylic acids is 3. The fourth-order valence-electron chi connectivity index (χ4n) is 6.39. The van der Waals surface area contributed by atoms with Gasteiger partial charge in [0, 0.05) is 5.56 Å². The van der Waals surface area contributed by atoms with E-state index in [1.807, 2.05) is 24.3 Å². The first-order valence-electron chi connectivity index (χ1n) is 13.2. The topological polar surface area (TPSA) is 79.0 Å². The number of amides is 2. The standard InChI is InChI=1S/C27H36FN3O4/c1-2-30-13-11-18(12-14-30)17-7-9-20(10-8-17)26(33)29-23(19-5-3-4-6-19)27(34)31-15-21(28)25-24(31)22(32)16-35-25/h7-10,18-19,21,23-25H,2-6,11-16H2,1H3,(H,29,33)/t21-,23-,24+,25+/m0/s1. The Hall–Kier alpha value is -2.32. The van der Waals surface area contributed by atoms with E-state index in [0.717, 1.165) is 58.2 Å². The number of fused-ring (bicyclic) bond motifs is 1. The molecule has 8 heteroatoms. The molecule has 35 heavy (non-hydrogen) atoms. The van der Waals surface area contributed by atoms with Crippen LogP contribution in [0.3, 0.4) is 0 Å². The number of alkyl halides is 1. The smallest absolute Gasteiger partial charge is 0.251 e. The normalized spacial score (nSPS) is 28.9. The number of nitrogens with zero attached hydrogens (tertiary/aromatic N) is 2.